The Morgan fingerprint density at radius 3 is 2.89 bits per heavy atom. The first kappa shape index (κ1) is 15.5. The van der Waals surface area contributed by atoms with E-state index in [1.54, 1.807) is 6.92 Å². The van der Waals surface area contributed by atoms with Crippen LogP contribution in [0.5, 0.6) is 0 Å². The van der Waals surface area contributed by atoms with Crippen molar-refractivity contribution in [2.75, 3.05) is 12.3 Å². The molecule has 19 heavy (non-hydrogen) atoms. The molecular formula is C12H19ClN4O2. The molecule has 1 heterocycles. The van der Waals surface area contributed by atoms with Crippen LogP contribution in [0.4, 0.5) is 5.69 Å². The predicted octanol–water partition coefficient (Wildman–Crippen LogP) is 1.35. The van der Waals surface area contributed by atoms with Crippen LogP contribution in [0, 0.1) is 0 Å². The summed E-state index contributed by atoms with van der Waals surface area (Å²) in [6.45, 7) is 4.31. The molecule has 0 radical (unpaired) electrons. The van der Waals surface area contributed by atoms with Crippen molar-refractivity contribution in [3.05, 3.63) is 21.8 Å². The molecule has 1 aromatic rings. The van der Waals surface area contributed by atoms with Crippen LogP contribution < -0.4 is 16.6 Å². The molecule has 7 heteroatoms. The van der Waals surface area contributed by atoms with Gasteiger partial charge in [0.2, 0.25) is 5.91 Å². The van der Waals surface area contributed by atoms with Crippen LogP contribution >= 0.6 is 11.6 Å². The first-order valence-electron chi connectivity index (χ1n) is 6.28. The molecule has 0 spiro atoms. The molecule has 1 atom stereocenters. The lowest BCUT2D eigenvalue weighted by atomic mass is 10.2. The van der Waals surface area contributed by atoms with Gasteiger partial charge in [-0.1, -0.05) is 31.4 Å². The van der Waals surface area contributed by atoms with Crippen molar-refractivity contribution in [1.29, 1.82) is 0 Å². The maximum Gasteiger partial charge on any atom is 0.278 e. The van der Waals surface area contributed by atoms with Gasteiger partial charge in [-0.2, -0.15) is 0 Å². The van der Waals surface area contributed by atoms with E-state index >= 15 is 0 Å². The fourth-order valence-electron chi connectivity index (χ4n) is 1.60. The van der Waals surface area contributed by atoms with E-state index in [1.807, 2.05) is 0 Å². The second-order valence-electron chi connectivity index (χ2n) is 4.34. The molecule has 0 aliphatic heterocycles. The number of unbranched alkanes of at least 4 members (excludes halogenated alkanes) is 2. The molecule has 0 bridgehead atoms. The molecule has 0 fully saturated rings. The second kappa shape index (κ2) is 7.13. The van der Waals surface area contributed by atoms with Gasteiger partial charge < -0.3 is 11.1 Å². The molecule has 106 valence electrons. The lowest BCUT2D eigenvalue weighted by molar-refractivity contribution is -0.123. The average Bonchev–Trinajstić information content (AvgIpc) is 2.40. The minimum atomic E-state index is -0.666. The minimum Gasteiger partial charge on any atom is -0.392 e. The van der Waals surface area contributed by atoms with Crippen LogP contribution in [-0.4, -0.2) is 22.0 Å². The number of rotatable bonds is 6. The number of nitrogens with one attached hydrogen (secondary N) is 1. The second-order valence-corrected chi connectivity index (χ2v) is 4.69. The lowest BCUT2D eigenvalue weighted by Crippen LogP contribution is -2.37. The highest BCUT2D eigenvalue weighted by Gasteiger charge is 2.17. The molecule has 1 aromatic heterocycles. The fraction of sp³-hybridized carbons (Fsp3) is 0.583. The van der Waals surface area contributed by atoms with Crippen molar-refractivity contribution in [3.8, 4) is 0 Å². The number of amides is 1. The summed E-state index contributed by atoms with van der Waals surface area (Å²) >= 11 is 5.64. The van der Waals surface area contributed by atoms with Gasteiger partial charge in [0.25, 0.3) is 5.56 Å². The third-order valence-electron chi connectivity index (χ3n) is 2.86. The van der Waals surface area contributed by atoms with Gasteiger partial charge in [-0.3, -0.25) is 14.2 Å². The topological polar surface area (TPSA) is 90.0 Å². The molecule has 0 aliphatic rings. The number of aromatic nitrogens is 2. The van der Waals surface area contributed by atoms with Crippen molar-refractivity contribution < 1.29 is 4.79 Å². The summed E-state index contributed by atoms with van der Waals surface area (Å²) in [6, 6.07) is -0.666. The van der Waals surface area contributed by atoms with E-state index in [4.69, 9.17) is 17.3 Å². The SMILES string of the molecule is CCCCCNC(=O)C(C)n1cnc(Cl)c(N)c1=O. The number of hydrogen-bond donors (Lipinski definition) is 2. The average molecular weight is 287 g/mol. The zero-order valence-corrected chi connectivity index (χ0v) is 11.9. The molecule has 0 aliphatic carbocycles. The standard InChI is InChI=1S/C12H19ClN4O2/c1-3-4-5-6-15-11(18)8(2)17-7-16-10(13)9(14)12(17)19/h7-8H,3-6,14H2,1-2H3,(H,15,18). The van der Waals surface area contributed by atoms with Crippen LogP contribution in [0.3, 0.4) is 0 Å². The summed E-state index contributed by atoms with van der Waals surface area (Å²) in [7, 11) is 0. The van der Waals surface area contributed by atoms with Crippen LogP contribution in [0.15, 0.2) is 11.1 Å². The maximum absolute atomic E-state index is 11.9. The first-order chi connectivity index (χ1) is 8.99. The summed E-state index contributed by atoms with van der Waals surface area (Å²) in [5.41, 5.74) is 4.85. The summed E-state index contributed by atoms with van der Waals surface area (Å²) in [5.74, 6) is -0.235. The Balaban J connectivity index is 2.72. The van der Waals surface area contributed by atoms with Gasteiger partial charge >= 0.3 is 0 Å². The smallest absolute Gasteiger partial charge is 0.278 e. The van der Waals surface area contributed by atoms with Crippen molar-refractivity contribution >= 4 is 23.2 Å². The Labute approximate surface area is 117 Å². The number of anilines is 1. The van der Waals surface area contributed by atoms with Crippen molar-refractivity contribution in [3.63, 3.8) is 0 Å². The first-order valence-corrected chi connectivity index (χ1v) is 6.66. The predicted molar refractivity (Wildman–Crippen MR) is 75.2 cm³/mol. The van der Waals surface area contributed by atoms with Crippen LogP contribution in [0.25, 0.3) is 0 Å². The number of carbonyl (C=O) groups excluding carboxylic acids is 1. The van der Waals surface area contributed by atoms with Crippen molar-refractivity contribution in [2.45, 2.75) is 39.2 Å². The van der Waals surface area contributed by atoms with Crippen LogP contribution in [-0.2, 0) is 4.79 Å². The summed E-state index contributed by atoms with van der Waals surface area (Å²) in [5, 5.41) is 2.73. The van der Waals surface area contributed by atoms with E-state index < -0.39 is 11.6 Å². The molecule has 1 rings (SSSR count). The maximum atomic E-state index is 11.9. The van der Waals surface area contributed by atoms with E-state index in [-0.39, 0.29) is 16.7 Å². The molecule has 1 unspecified atom stereocenters. The molecular weight excluding hydrogens is 268 g/mol. The number of carbonyl (C=O) groups is 1. The molecule has 3 N–H and O–H groups in total. The number of hydrogen-bond acceptors (Lipinski definition) is 4. The number of nitrogens with two attached hydrogens (primary N) is 1. The third-order valence-corrected chi connectivity index (χ3v) is 3.16. The van der Waals surface area contributed by atoms with Gasteiger partial charge in [0.15, 0.2) is 5.15 Å². The Morgan fingerprint density at radius 1 is 1.58 bits per heavy atom. The van der Waals surface area contributed by atoms with Crippen LogP contribution in [0.2, 0.25) is 5.15 Å². The Kier molecular flexibility index (Phi) is 5.82. The van der Waals surface area contributed by atoms with Gasteiger partial charge in [-0.05, 0) is 13.3 Å². The van der Waals surface area contributed by atoms with Crippen molar-refractivity contribution in [2.24, 2.45) is 0 Å². The van der Waals surface area contributed by atoms with Crippen molar-refractivity contribution in [1.82, 2.24) is 14.9 Å². The molecule has 6 nitrogen and oxygen atoms in total. The largest absolute Gasteiger partial charge is 0.392 e. The number of nitrogen functional groups attached to an aromatic ring is 1. The highest BCUT2D eigenvalue weighted by Crippen LogP contribution is 2.11. The van der Waals surface area contributed by atoms with Gasteiger partial charge in [0.1, 0.15) is 18.1 Å². The zero-order chi connectivity index (χ0) is 14.4. The Bertz CT molecular complexity index is 501. The molecule has 0 aromatic carbocycles. The Hall–Kier alpha value is -1.56. The fourth-order valence-corrected chi connectivity index (χ4v) is 1.72. The quantitative estimate of drug-likeness (QED) is 0.610. The summed E-state index contributed by atoms with van der Waals surface area (Å²) in [6.07, 6.45) is 4.30. The molecule has 1 amide bonds. The van der Waals surface area contributed by atoms with E-state index in [1.165, 1.54) is 10.9 Å². The summed E-state index contributed by atoms with van der Waals surface area (Å²) < 4.78 is 1.18. The van der Waals surface area contributed by atoms with E-state index in [0.29, 0.717) is 6.54 Å². The summed E-state index contributed by atoms with van der Waals surface area (Å²) in [4.78, 5) is 27.5. The van der Waals surface area contributed by atoms with Gasteiger partial charge in [-0.25, -0.2) is 4.98 Å². The Morgan fingerprint density at radius 2 is 2.26 bits per heavy atom. The third kappa shape index (κ3) is 3.96. The normalized spacial score (nSPS) is 12.2. The van der Waals surface area contributed by atoms with E-state index in [2.05, 4.69) is 17.2 Å². The molecule has 0 saturated heterocycles. The minimum absolute atomic E-state index is 0.0446. The van der Waals surface area contributed by atoms with Crippen LogP contribution in [0.1, 0.15) is 39.2 Å². The van der Waals surface area contributed by atoms with Gasteiger partial charge in [0.05, 0.1) is 0 Å². The zero-order valence-electron chi connectivity index (χ0n) is 11.1. The number of nitrogens with zero attached hydrogens (tertiary/aromatic N) is 2. The highest BCUT2D eigenvalue weighted by molar-refractivity contribution is 6.31. The monoisotopic (exact) mass is 286 g/mol. The number of halogens is 1. The molecule has 0 saturated carbocycles. The van der Waals surface area contributed by atoms with E-state index in [0.717, 1.165) is 19.3 Å². The van der Waals surface area contributed by atoms with Gasteiger partial charge in [0, 0.05) is 6.54 Å². The van der Waals surface area contributed by atoms with Gasteiger partial charge in [-0.15, -0.1) is 0 Å². The highest BCUT2D eigenvalue weighted by atomic mass is 35.5. The van der Waals surface area contributed by atoms with E-state index in [9.17, 15) is 9.59 Å². The lowest BCUT2D eigenvalue weighted by Gasteiger charge is -2.15.